The topological polar surface area (TPSA) is 49.3 Å². The van der Waals surface area contributed by atoms with E-state index in [0.29, 0.717) is 5.92 Å². The molecular formula is C22H30N4OS. The summed E-state index contributed by atoms with van der Waals surface area (Å²) in [6.07, 6.45) is 0. The molecule has 1 atom stereocenters. The predicted molar refractivity (Wildman–Crippen MR) is 117 cm³/mol. The first-order chi connectivity index (χ1) is 13.4. The Hall–Kier alpha value is -2.08. The number of piperazine rings is 1. The molecule has 1 amide bonds. The first-order valence-corrected chi connectivity index (χ1v) is 11.0. The molecule has 28 heavy (non-hydrogen) atoms. The van der Waals surface area contributed by atoms with Crippen LogP contribution >= 0.6 is 11.8 Å². The number of hydrogen-bond donors (Lipinski definition) is 0. The minimum absolute atomic E-state index is 0.0272. The number of rotatable bonds is 6. The first-order valence-electron chi connectivity index (χ1n) is 9.99. The number of carbonyl (C=O) groups is 1. The van der Waals surface area contributed by atoms with Crippen LogP contribution in [0.2, 0.25) is 0 Å². The molecule has 150 valence electrons. The lowest BCUT2D eigenvalue weighted by Crippen LogP contribution is -2.51. The van der Waals surface area contributed by atoms with Crippen molar-refractivity contribution in [2.75, 3.05) is 31.1 Å². The van der Waals surface area contributed by atoms with Crippen LogP contribution < -0.4 is 4.90 Å². The minimum Gasteiger partial charge on any atom is -0.353 e. The van der Waals surface area contributed by atoms with Crippen molar-refractivity contribution in [2.45, 2.75) is 44.6 Å². The lowest BCUT2D eigenvalue weighted by molar-refractivity contribution is -0.130. The molecule has 6 heteroatoms. The van der Waals surface area contributed by atoms with E-state index in [1.165, 1.54) is 5.56 Å². The van der Waals surface area contributed by atoms with Crippen LogP contribution in [0, 0.1) is 6.92 Å². The highest BCUT2D eigenvalue weighted by molar-refractivity contribution is 7.99. The number of aryl methyl sites for hydroxylation is 1. The van der Waals surface area contributed by atoms with Crippen LogP contribution in [-0.4, -0.2) is 52.2 Å². The molecule has 0 N–H and O–H groups in total. The molecule has 1 aromatic carbocycles. The average molecular weight is 399 g/mol. The number of thioether (sulfide) groups is 1. The maximum absolute atomic E-state index is 12.8. The molecule has 1 aliphatic rings. The third kappa shape index (κ3) is 5.25. The molecule has 0 spiro atoms. The van der Waals surface area contributed by atoms with E-state index in [1.54, 1.807) is 11.8 Å². The fourth-order valence-corrected chi connectivity index (χ4v) is 4.20. The lowest BCUT2D eigenvalue weighted by Gasteiger charge is -2.36. The standard InChI is InChI=1S/C22H30N4OS/c1-16(2)21-23-17(3)14-20(24-21)25-10-12-26(13-11-25)22(27)18(4)28-15-19-8-6-5-7-9-19/h5-9,14,16,18H,10-13,15H2,1-4H3. The van der Waals surface area contributed by atoms with Crippen LogP contribution in [0.5, 0.6) is 0 Å². The molecule has 2 aromatic rings. The van der Waals surface area contributed by atoms with Crippen LogP contribution in [0.1, 0.15) is 43.8 Å². The zero-order valence-electron chi connectivity index (χ0n) is 17.3. The van der Waals surface area contributed by atoms with Gasteiger partial charge in [-0.1, -0.05) is 44.2 Å². The molecular weight excluding hydrogens is 368 g/mol. The summed E-state index contributed by atoms with van der Waals surface area (Å²) in [5, 5.41) is -0.0272. The van der Waals surface area contributed by atoms with Gasteiger partial charge in [0.15, 0.2) is 0 Å². The van der Waals surface area contributed by atoms with Crippen molar-refractivity contribution in [3.8, 4) is 0 Å². The second-order valence-electron chi connectivity index (χ2n) is 7.63. The van der Waals surface area contributed by atoms with Crippen molar-refractivity contribution in [1.29, 1.82) is 0 Å². The molecule has 5 nitrogen and oxygen atoms in total. The number of anilines is 1. The normalized spacial score (nSPS) is 15.8. The van der Waals surface area contributed by atoms with E-state index in [-0.39, 0.29) is 11.2 Å². The van der Waals surface area contributed by atoms with Crippen LogP contribution in [-0.2, 0) is 10.5 Å². The second kappa shape index (κ2) is 9.41. The lowest BCUT2D eigenvalue weighted by atomic mass is 10.2. The molecule has 1 aromatic heterocycles. The Balaban J connectivity index is 1.54. The SMILES string of the molecule is Cc1cc(N2CCN(C(=O)C(C)SCc3ccccc3)CC2)nc(C(C)C)n1. The van der Waals surface area contributed by atoms with Gasteiger partial charge in [-0.3, -0.25) is 4.79 Å². The number of hydrogen-bond acceptors (Lipinski definition) is 5. The van der Waals surface area contributed by atoms with Gasteiger partial charge in [0, 0.05) is 49.6 Å². The van der Waals surface area contributed by atoms with Crippen molar-refractivity contribution in [3.63, 3.8) is 0 Å². The van der Waals surface area contributed by atoms with Crippen molar-refractivity contribution < 1.29 is 4.79 Å². The van der Waals surface area contributed by atoms with Crippen LogP contribution in [0.4, 0.5) is 5.82 Å². The maximum atomic E-state index is 12.8. The molecule has 0 bridgehead atoms. The maximum Gasteiger partial charge on any atom is 0.235 e. The summed E-state index contributed by atoms with van der Waals surface area (Å²) in [7, 11) is 0. The summed E-state index contributed by atoms with van der Waals surface area (Å²) in [5.41, 5.74) is 2.26. The second-order valence-corrected chi connectivity index (χ2v) is 8.96. The van der Waals surface area contributed by atoms with Gasteiger partial charge in [-0.2, -0.15) is 0 Å². The Kier molecular flexibility index (Phi) is 6.94. The molecule has 3 rings (SSSR count). The highest BCUT2D eigenvalue weighted by Crippen LogP contribution is 2.22. The van der Waals surface area contributed by atoms with Gasteiger partial charge in [0.2, 0.25) is 5.91 Å². The van der Waals surface area contributed by atoms with E-state index in [0.717, 1.165) is 49.3 Å². The molecule has 0 aliphatic carbocycles. The molecule has 0 radical (unpaired) electrons. The van der Waals surface area contributed by atoms with E-state index in [1.807, 2.05) is 43.0 Å². The Morgan fingerprint density at radius 2 is 1.75 bits per heavy atom. The Morgan fingerprint density at radius 1 is 1.07 bits per heavy atom. The number of amides is 1. The number of carbonyl (C=O) groups excluding carboxylic acids is 1. The van der Waals surface area contributed by atoms with Crippen molar-refractivity contribution in [2.24, 2.45) is 0 Å². The monoisotopic (exact) mass is 398 g/mol. The van der Waals surface area contributed by atoms with Gasteiger partial charge in [-0.25, -0.2) is 9.97 Å². The number of benzene rings is 1. The van der Waals surface area contributed by atoms with Crippen molar-refractivity contribution in [1.82, 2.24) is 14.9 Å². The minimum atomic E-state index is -0.0272. The highest BCUT2D eigenvalue weighted by Gasteiger charge is 2.26. The van der Waals surface area contributed by atoms with Gasteiger partial charge in [0.05, 0.1) is 5.25 Å². The van der Waals surface area contributed by atoms with E-state index in [9.17, 15) is 4.79 Å². The smallest absolute Gasteiger partial charge is 0.235 e. The van der Waals surface area contributed by atoms with E-state index in [2.05, 4.69) is 35.9 Å². The molecule has 0 saturated carbocycles. The fraction of sp³-hybridized carbons (Fsp3) is 0.500. The van der Waals surface area contributed by atoms with E-state index < -0.39 is 0 Å². The van der Waals surface area contributed by atoms with Crippen LogP contribution in [0.3, 0.4) is 0 Å². The highest BCUT2D eigenvalue weighted by atomic mass is 32.2. The number of nitrogens with zero attached hydrogens (tertiary/aromatic N) is 4. The van der Waals surface area contributed by atoms with Crippen molar-refractivity contribution >= 4 is 23.5 Å². The molecule has 2 heterocycles. The Bertz CT molecular complexity index is 788. The quantitative estimate of drug-likeness (QED) is 0.739. The summed E-state index contributed by atoms with van der Waals surface area (Å²) < 4.78 is 0. The first kappa shape index (κ1) is 20.6. The van der Waals surface area contributed by atoms with Crippen molar-refractivity contribution in [3.05, 3.63) is 53.5 Å². The van der Waals surface area contributed by atoms with Gasteiger partial charge < -0.3 is 9.80 Å². The summed E-state index contributed by atoms with van der Waals surface area (Å²) in [6, 6.07) is 12.4. The van der Waals surface area contributed by atoms with Gasteiger partial charge in [0.1, 0.15) is 11.6 Å². The van der Waals surface area contributed by atoms with Gasteiger partial charge >= 0.3 is 0 Å². The van der Waals surface area contributed by atoms with E-state index in [4.69, 9.17) is 4.98 Å². The van der Waals surface area contributed by atoms with Gasteiger partial charge in [-0.15, -0.1) is 11.8 Å². The molecule has 1 unspecified atom stereocenters. The summed E-state index contributed by atoms with van der Waals surface area (Å²) in [6.45, 7) is 11.4. The summed E-state index contributed by atoms with van der Waals surface area (Å²) >= 11 is 1.71. The Labute approximate surface area is 172 Å². The largest absolute Gasteiger partial charge is 0.353 e. The molecule has 1 fully saturated rings. The van der Waals surface area contributed by atoms with Gasteiger partial charge in [0.25, 0.3) is 0 Å². The third-order valence-electron chi connectivity index (χ3n) is 4.98. The van der Waals surface area contributed by atoms with Crippen LogP contribution in [0.15, 0.2) is 36.4 Å². The summed E-state index contributed by atoms with van der Waals surface area (Å²) in [5.74, 6) is 3.28. The fourth-order valence-electron chi connectivity index (χ4n) is 3.27. The van der Waals surface area contributed by atoms with Crippen LogP contribution in [0.25, 0.3) is 0 Å². The average Bonchev–Trinajstić information content (AvgIpc) is 2.72. The Morgan fingerprint density at radius 3 is 2.39 bits per heavy atom. The zero-order chi connectivity index (χ0) is 20.1. The molecule has 1 aliphatic heterocycles. The van der Waals surface area contributed by atoms with E-state index >= 15 is 0 Å². The third-order valence-corrected chi connectivity index (χ3v) is 6.18. The van der Waals surface area contributed by atoms with Gasteiger partial charge in [-0.05, 0) is 19.4 Å². The summed E-state index contributed by atoms with van der Waals surface area (Å²) in [4.78, 5) is 26.4. The zero-order valence-corrected chi connectivity index (χ0v) is 18.1. The molecule has 1 saturated heterocycles. The predicted octanol–water partition coefficient (Wildman–Crippen LogP) is 3.88. The number of aromatic nitrogens is 2.